The van der Waals surface area contributed by atoms with E-state index in [1.165, 1.54) is 0 Å². The molecule has 1 heterocycles. The minimum absolute atomic E-state index is 0.316. The first-order valence-electron chi connectivity index (χ1n) is 10.7. The monoisotopic (exact) mass is 470 g/mol. The maximum atomic E-state index is 12.4. The molecule has 0 saturated heterocycles. The zero-order valence-electron chi connectivity index (χ0n) is 18.5. The second-order valence-electron chi connectivity index (χ2n) is 7.57. The van der Waals surface area contributed by atoms with Crippen molar-refractivity contribution in [2.45, 2.75) is 13.5 Å². The van der Waals surface area contributed by atoms with Gasteiger partial charge in [0.05, 0.1) is 11.9 Å². The average Bonchev–Trinajstić information content (AvgIpc) is 3.35. The van der Waals surface area contributed by atoms with Crippen molar-refractivity contribution in [3.8, 4) is 17.0 Å². The standard InChI is InChI=1S/C27H23ClN4O2/c1-19(15-20-7-3-2-4-8-20)17-29-32-27(33)26-16-25(30-31-26)21-11-13-23(14-12-21)34-18-22-9-5-6-10-24(22)28/h2-17H,18H2,1H3,(H,30,31)(H,32,33)/b19-15+,29-17+. The van der Waals surface area contributed by atoms with E-state index in [1.807, 2.05) is 91.9 Å². The summed E-state index contributed by atoms with van der Waals surface area (Å²) in [6.07, 6.45) is 3.58. The highest BCUT2D eigenvalue weighted by molar-refractivity contribution is 6.31. The number of carbonyl (C=O) groups excluding carboxylic acids is 1. The van der Waals surface area contributed by atoms with E-state index in [0.717, 1.165) is 22.3 Å². The lowest BCUT2D eigenvalue weighted by Gasteiger charge is -2.08. The number of aromatic nitrogens is 2. The van der Waals surface area contributed by atoms with Gasteiger partial charge in [0, 0.05) is 16.1 Å². The van der Waals surface area contributed by atoms with Crippen molar-refractivity contribution in [3.63, 3.8) is 0 Å². The Labute approximate surface area is 202 Å². The Morgan fingerprint density at radius 3 is 2.56 bits per heavy atom. The number of rotatable bonds is 8. The number of nitrogens with one attached hydrogen (secondary N) is 2. The SMILES string of the molecule is CC(/C=N/NC(=O)c1cc(-c2ccc(OCc3ccccc3Cl)cc2)n[nH]1)=C\c1ccccc1. The van der Waals surface area contributed by atoms with Gasteiger partial charge in [-0.05, 0) is 54.5 Å². The van der Waals surface area contributed by atoms with E-state index in [4.69, 9.17) is 16.3 Å². The molecule has 1 amide bonds. The van der Waals surface area contributed by atoms with E-state index in [0.29, 0.717) is 28.8 Å². The van der Waals surface area contributed by atoms with Crippen LogP contribution in [0.25, 0.3) is 17.3 Å². The molecule has 0 unspecified atom stereocenters. The molecule has 0 fully saturated rings. The number of hydrazone groups is 1. The number of allylic oxidation sites excluding steroid dienone is 1. The normalized spacial score (nSPS) is 11.5. The zero-order valence-corrected chi connectivity index (χ0v) is 19.3. The van der Waals surface area contributed by atoms with Crippen LogP contribution in [0.4, 0.5) is 0 Å². The van der Waals surface area contributed by atoms with Crippen LogP contribution in [-0.2, 0) is 6.61 Å². The van der Waals surface area contributed by atoms with Gasteiger partial charge in [-0.3, -0.25) is 9.89 Å². The summed E-state index contributed by atoms with van der Waals surface area (Å²) in [6.45, 7) is 2.30. The number of H-pyrrole nitrogens is 1. The van der Waals surface area contributed by atoms with Crippen LogP contribution in [0.5, 0.6) is 5.75 Å². The predicted octanol–water partition coefficient (Wildman–Crippen LogP) is 6.13. The van der Waals surface area contributed by atoms with Crippen molar-refractivity contribution in [2.24, 2.45) is 5.10 Å². The smallest absolute Gasteiger partial charge is 0.289 e. The van der Waals surface area contributed by atoms with Gasteiger partial charge in [-0.15, -0.1) is 0 Å². The van der Waals surface area contributed by atoms with Crippen LogP contribution in [-0.4, -0.2) is 22.3 Å². The number of halogens is 1. The van der Waals surface area contributed by atoms with Gasteiger partial charge in [-0.1, -0.05) is 66.2 Å². The average molecular weight is 471 g/mol. The Morgan fingerprint density at radius 2 is 1.79 bits per heavy atom. The fraction of sp³-hybridized carbons (Fsp3) is 0.0741. The van der Waals surface area contributed by atoms with E-state index >= 15 is 0 Å². The summed E-state index contributed by atoms with van der Waals surface area (Å²) < 4.78 is 5.81. The largest absolute Gasteiger partial charge is 0.489 e. The number of benzene rings is 3. The third-order valence-electron chi connectivity index (χ3n) is 4.95. The zero-order chi connectivity index (χ0) is 23.8. The van der Waals surface area contributed by atoms with E-state index in [9.17, 15) is 4.79 Å². The van der Waals surface area contributed by atoms with Gasteiger partial charge < -0.3 is 4.74 Å². The number of nitrogens with zero attached hydrogens (tertiary/aromatic N) is 2. The van der Waals surface area contributed by atoms with Gasteiger partial charge in [0.1, 0.15) is 18.1 Å². The predicted molar refractivity (Wildman–Crippen MR) is 136 cm³/mol. The third-order valence-corrected chi connectivity index (χ3v) is 5.32. The lowest BCUT2D eigenvalue weighted by molar-refractivity contribution is 0.0950. The molecule has 3 aromatic carbocycles. The minimum Gasteiger partial charge on any atom is -0.489 e. The van der Waals surface area contributed by atoms with Crippen molar-refractivity contribution in [2.75, 3.05) is 0 Å². The molecule has 0 aliphatic rings. The van der Waals surface area contributed by atoms with Gasteiger partial charge >= 0.3 is 0 Å². The molecule has 0 aliphatic carbocycles. The summed E-state index contributed by atoms with van der Waals surface area (Å²) in [4.78, 5) is 12.4. The number of ether oxygens (including phenoxy) is 1. The molecule has 0 spiro atoms. The topological polar surface area (TPSA) is 79.4 Å². The number of hydrogen-bond acceptors (Lipinski definition) is 4. The van der Waals surface area contributed by atoms with Crippen LogP contribution < -0.4 is 10.2 Å². The second-order valence-corrected chi connectivity index (χ2v) is 7.98. The highest BCUT2D eigenvalue weighted by Crippen LogP contribution is 2.23. The first-order chi connectivity index (χ1) is 16.6. The lowest BCUT2D eigenvalue weighted by atomic mass is 10.1. The van der Waals surface area contributed by atoms with Crippen LogP contribution in [0.3, 0.4) is 0 Å². The summed E-state index contributed by atoms with van der Waals surface area (Å²) in [5.74, 6) is 0.340. The van der Waals surface area contributed by atoms with Crippen molar-refractivity contribution in [1.82, 2.24) is 15.6 Å². The molecule has 1 aromatic heterocycles. The molecule has 4 aromatic rings. The molecular formula is C27H23ClN4O2. The Kier molecular flexibility index (Phi) is 7.53. The molecule has 6 nitrogen and oxygen atoms in total. The Hall–Kier alpha value is -4.16. The van der Waals surface area contributed by atoms with Gasteiger partial charge in [-0.25, -0.2) is 5.43 Å². The van der Waals surface area contributed by atoms with Crippen molar-refractivity contribution >= 4 is 29.8 Å². The van der Waals surface area contributed by atoms with E-state index < -0.39 is 0 Å². The summed E-state index contributed by atoms with van der Waals surface area (Å²) in [5.41, 5.74) is 7.23. The molecule has 0 atom stereocenters. The molecule has 2 N–H and O–H groups in total. The van der Waals surface area contributed by atoms with E-state index in [-0.39, 0.29) is 5.91 Å². The Bertz CT molecular complexity index is 1310. The van der Waals surface area contributed by atoms with Crippen LogP contribution >= 0.6 is 11.6 Å². The van der Waals surface area contributed by atoms with Gasteiger partial charge in [-0.2, -0.15) is 10.2 Å². The minimum atomic E-state index is -0.373. The van der Waals surface area contributed by atoms with Crippen molar-refractivity contribution in [1.29, 1.82) is 0 Å². The summed E-state index contributed by atoms with van der Waals surface area (Å²) in [7, 11) is 0. The molecule has 0 saturated carbocycles. The second kappa shape index (κ2) is 11.1. The molecule has 34 heavy (non-hydrogen) atoms. The molecule has 4 rings (SSSR count). The molecule has 0 bridgehead atoms. The first kappa shape index (κ1) is 23.0. The van der Waals surface area contributed by atoms with Gasteiger partial charge in [0.2, 0.25) is 0 Å². The maximum absolute atomic E-state index is 12.4. The highest BCUT2D eigenvalue weighted by atomic mass is 35.5. The highest BCUT2D eigenvalue weighted by Gasteiger charge is 2.10. The van der Waals surface area contributed by atoms with Crippen LogP contribution in [0, 0.1) is 0 Å². The molecule has 7 heteroatoms. The number of hydrogen-bond donors (Lipinski definition) is 2. The quantitative estimate of drug-likeness (QED) is 0.240. The number of aromatic amines is 1. The van der Waals surface area contributed by atoms with Crippen molar-refractivity contribution < 1.29 is 9.53 Å². The van der Waals surface area contributed by atoms with E-state index in [1.54, 1.807) is 12.3 Å². The first-order valence-corrected chi connectivity index (χ1v) is 11.0. The summed E-state index contributed by atoms with van der Waals surface area (Å²) in [5, 5.41) is 11.7. The van der Waals surface area contributed by atoms with Crippen molar-refractivity contribution in [3.05, 3.63) is 112 Å². The van der Waals surface area contributed by atoms with Crippen LogP contribution in [0.2, 0.25) is 5.02 Å². The van der Waals surface area contributed by atoms with E-state index in [2.05, 4.69) is 20.7 Å². The molecular weight excluding hydrogens is 448 g/mol. The number of carbonyl (C=O) groups is 1. The van der Waals surface area contributed by atoms with Crippen LogP contribution in [0.1, 0.15) is 28.5 Å². The summed E-state index contributed by atoms with van der Waals surface area (Å²) in [6, 6.07) is 26.6. The third kappa shape index (κ3) is 6.21. The Balaban J connectivity index is 1.33. The summed E-state index contributed by atoms with van der Waals surface area (Å²) >= 11 is 6.17. The molecule has 0 radical (unpaired) electrons. The molecule has 170 valence electrons. The van der Waals surface area contributed by atoms with Gasteiger partial charge in [0.25, 0.3) is 5.91 Å². The van der Waals surface area contributed by atoms with Crippen LogP contribution in [0.15, 0.2) is 95.6 Å². The Morgan fingerprint density at radius 1 is 1.06 bits per heavy atom. The number of amides is 1. The fourth-order valence-electron chi connectivity index (χ4n) is 3.19. The fourth-order valence-corrected chi connectivity index (χ4v) is 3.38. The van der Waals surface area contributed by atoms with Gasteiger partial charge in [0.15, 0.2) is 0 Å². The molecule has 0 aliphatic heterocycles. The maximum Gasteiger partial charge on any atom is 0.289 e. The lowest BCUT2D eigenvalue weighted by Crippen LogP contribution is -2.17.